The van der Waals surface area contributed by atoms with Crippen LogP contribution >= 0.6 is 0 Å². The lowest BCUT2D eigenvalue weighted by Crippen LogP contribution is -2.61. The van der Waals surface area contributed by atoms with Gasteiger partial charge in [-0.2, -0.15) is 0 Å². The highest BCUT2D eigenvalue weighted by molar-refractivity contribution is 7.00. The summed E-state index contributed by atoms with van der Waals surface area (Å²) in [4.78, 5) is 5.43. The second-order valence-electron chi connectivity index (χ2n) is 30.9. The molecule has 8 aromatic rings. The van der Waals surface area contributed by atoms with Crippen molar-refractivity contribution in [2.75, 3.05) is 9.80 Å². The SMILES string of the molecule is CC(C)(C)c1cc(-c2ccc(N3c4cc(C(C)(C)C)cc5c4B(c4cc(C6CCCCC6)ccc4N5c4cccc5c4-c4ccccc4C54C5CCC4CC5)c4oc5cc6c(cc5c43)C(C)(C)CCC6(C)C)cc2)cc(C(C)(C)C)c1. The van der Waals surface area contributed by atoms with Gasteiger partial charge in [-0.15, -0.1) is 0 Å². The van der Waals surface area contributed by atoms with Crippen LogP contribution in [0.3, 0.4) is 0 Å². The van der Waals surface area contributed by atoms with Crippen molar-refractivity contribution in [2.24, 2.45) is 11.8 Å². The summed E-state index contributed by atoms with van der Waals surface area (Å²) in [5, 5.41) is 1.22. The van der Waals surface area contributed by atoms with Crippen LogP contribution in [0.1, 0.15) is 211 Å². The molecule has 3 heterocycles. The van der Waals surface area contributed by atoms with Gasteiger partial charge in [0, 0.05) is 39.1 Å². The number of anilines is 6. The van der Waals surface area contributed by atoms with E-state index in [4.69, 9.17) is 4.42 Å². The third-order valence-electron chi connectivity index (χ3n) is 22.1. The van der Waals surface area contributed by atoms with Gasteiger partial charge in [0.15, 0.2) is 0 Å². The number of furan rings is 1. The molecule has 0 saturated heterocycles. The molecule has 2 aliphatic heterocycles. The lowest BCUT2D eigenvalue weighted by atomic mass is 9.35. The van der Waals surface area contributed by atoms with Crippen LogP contribution in [-0.2, 0) is 32.5 Å². The molecule has 4 heteroatoms. The fourth-order valence-electron chi connectivity index (χ4n) is 17.5. The average molecular weight is 1070 g/mol. The van der Waals surface area contributed by atoms with Crippen LogP contribution in [0, 0.1) is 11.8 Å². The third kappa shape index (κ3) is 7.52. The van der Waals surface area contributed by atoms with Gasteiger partial charge < -0.3 is 14.2 Å². The minimum absolute atomic E-state index is 0.0175. The van der Waals surface area contributed by atoms with Crippen molar-refractivity contribution in [1.82, 2.24) is 0 Å². The van der Waals surface area contributed by atoms with Gasteiger partial charge in [0.25, 0.3) is 6.71 Å². The minimum atomic E-state index is -0.151. The zero-order valence-electron chi connectivity index (χ0n) is 51.0. The molecule has 0 N–H and O–H groups in total. The topological polar surface area (TPSA) is 19.6 Å². The predicted molar refractivity (Wildman–Crippen MR) is 345 cm³/mol. The molecule has 81 heavy (non-hydrogen) atoms. The Kier molecular flexibility index (Phi) is 11.1. The normalized spacial score (nSPS) is 22.2. The average Bonchev–Trinajstić information content (AvgIpc) is 2.51. The standard InChI is InChI=1S/C77H85BN2O/c1-72(2,3)52-38-49(39-53(41-52)73(4,5)6)47-26-33-55(34-27-47)79-65-42-54(74(7,8)9)43-66-69(65)78(71-70(79)57-44-60-61(45-67(57)81-71)76(12,13)37-36-75(60,10)11)62-40-48(46-20-15-14-16-21-46)28-35-63(62)80(66)64-25-19-24-59-68(64)56-22-17-18-23-58(56)77(59)50-29-30-51(77)32-31-50/h17-19,22-28,33-35,38-46,50-51H,14-16,20-21,29-32,36-37H2,1-13H3. The predicted octanol–water partition coefficient (Wildman–Crippen LogP) is 19.6. The molecule has 1 aromatic heterocycles. The van der Waals surface area contributed by atoms with Gasteiger partial charge in [-0.25, -0.2) is 0 Å². The second-order valence-corrected chi connectivity index (χ2v) is 30.9. The summed E-state index contributed by atoms with van der Waals surface area (Å²) >= 11 is 0. The van der Waals surface area contributed by atoms with E-state index >= 15 is 0 Å². The molecule has 0 amide bonds. The molecule has 0 radical (unpaired) electrons. The van der Waals surface area contributed by atoms with Crippen LogP contribution in [0.5, 0.6) is 0 Å². The van der Waals surface area contributed by atoms with Crippen molar-refractivity contribution in [1.29, 1.82) is 0 Å². The van der Waals surface area contributed by atoms with Gasteiger partial charge in [0.05, 0.1) is 17.0 Å². The number of nitrogens with zero attached hydrogens (tertiary/aromatic N) is 2. The molecule has 15 rings (SSSR count). The van der Waals surface area contributed by atoms with Crippen molar-refractivity contribution >= 4 is 68.4 Å². The van der Waals surface area contributed by atoms with Gasteiger partial charge in [-0.3, -0.25) is 0 Å². The Hall–Kier alpha value is -6.26. The van der Waals surface area contributed by atoms with Crippen LogP contribution < -0.4 is 26.4 Å². The third-order valence-corrected chi connectivity index (χ3v) is 22.1. The van der Waals surface area contributed by atoms with Gasteiger partial charge in [0.1, 0.15) is 5.58 Å². The molecule has 2 bridgehead atoms. The van der Waals surface area contributed by atoms with Crippen molar-refractivity contribution < 1.29 is 4.42 Å². The number of hydrogen-bond acceptors (Lipinski definition) is 3. The molecule has 0 unspecified atom stereocenters. The summed E-state index contributed by atoms with van der Waals surface area (Å²) in [6, 6.07) is 52.1. The molecule has 0 atom stereocenters. The zero-order valence-corrected chi connectivity index (χ0v) is 51.0. The Morgan fingerprint density at radius 3 is 1.73 bits per heavy atom. The van der Waals surface area contributed by atoms with Crippen molar-refractivity contribution in [3.8, 4) is 22.3 Å². The monoisotopic (exact) mass is 1060 g/mol. The summed E-state index contributed by atoms with van der Waals surface area (Å²) in [6.07, 6.45) is 14.1. The lowest BCUT2D eigenvalue weighted by molar-refractivity contribution is 0.332. The Morgan fingerprint density at radius 2 is 1.09 bits per heavy atom. The van der Waals surface area contributed by atoms with Crippen LogP contribution in [0.25, 0.3) is 33.2 Å². The van der Waals surface area contributed by atoms with Gasteiger partial charge in [-0.1, -0.05) is 188 Å². The summed E-state index contributed by atoms with van der Waals surface area (Å²) in [7, 11) is 0. The fraction of sp³-hybridized carbons (Fsp3) is 0.429. The smallest absolute Gasteiger partial charge is 0.297 e. The molecular weight excluding hydrogens is 980 g/mol. The maximum absolute atomic E-state index is 7.84. The Balaban J connectivity index is 1.03. The van der Waals surface area contributed by atoms with E-state index in [1.165, 1.54) is 158 Å². The van der Waals surface area contributed by atoms with Gasteiger partial charge in [0.2, 0.25) is 0 Å². The van der Waals surface area contributed by atoms with Gasteiger partial charge >= 0.3 is 0 Å². The van der Waals surface area contributed by atoms with E-state index in [1.54, 1.807) is 11.1 Å². The zero-order chi connectivity index (χ0) is 56.1. The highest BCUT2D eigenvalue weighted by Gasteiger charge is 2.61. The molecule has 3 fully saturated rings. The van der Waals surface area contributed by atoms with E-state index in [-0.39, 0.29) is 39.2 Å². The molecule has 7 aliphatic rings. The fourth-order valence-corrected chi connectivity index (χ4v) is 17.5. The molecule has 5 aliphatic carbocycles. The van der Waals surface area contributed by atoms with Crippen LogP contribution in [0.2, 0.25) is 0 Å². The van der Waals surface area contributed by atoms with Crippen molar-refractivity contribution in [2.45, 2.75) is 199 Å². The van der Waals surface area contributed by atoms with Crippen LogP contribution in [0.15, 0.2) is 132 Å². The first-order valence-electron chi connectivity index (χ1n) is 31.6. The summed E-state index contributed by atoms with van der Waals surface area (Å²) in [5.41, 5.74) is 29.4. The van der Waals surface area contributed by atoms with E-state index in [2.05, 4.69) is 227 Å². The molecule has 7 aromatic carbocycles. The Labute approximate surface area is 485 Å². The molecule has 1 spiro atoms. The highest BCUT2D eigenvalue weighted by Crippen LogP contribution is 2.69. The number of fused-ring (bicyclic) bond motifs is 10. The molecule has 3 saturated carbocycles. The maximum Gasteiger partial charge on any atom is 0.297 e. The number of hydrogen-bond donors (Lipinski definition) is 0. The first-order chi connectivity index (χ1) is 38.5. The second kappa shape index (κ2) is 17.4. The highest BCUT2D eigenvalue weighted by atomic mass is 16.3. The lowest BCUT2D eigenvalue weighted by Gasteiger charge is -2.44. The Morgan fingerprint density at radius 1 is 0.494 bits per heavy atom. The Bertz CT molecular complexity index is 3860. The van der Waals surface area contributed by atoms with Gasteiger partial charge in [-0.05, 0) is 217 Å². The first kappa shape index (κ1) is 51.6. The molecular formula is C77H85BN2O. The summed E-state index contributed by atoms with van der Waals surface area (Å²) in [5.74, 6) is 1.93. The first-order valence-corrected chi connectivity index (χ1v) is 31.6. The maximum atomic E-state index is 7.84. The number of benzene rings is 7. The van der Waals surface area contributed by atoms with E-state index in [9.17, 15) is 0 Å². The summed E-state index contributed by atoms with van der Waals surface area (Å²) < 4.78 is 7.84. The van der Waals surface area contributed by atoms with E-state index < -0.39 is 0 Å². The summed E-state index contributed by atoms with van der Waals surface area (Å²) in [6.45, 7) is 31.1. The number of rotatable bonds is 4. The van der Waals surface area contributed by atoms with Crippen LogP contribution in [0.4, 0.5) is 34.1 Å². The van der Waals surface area contributed by atoms with Crippen LogP contribution in [-0.4, -0.2) is 6.71 Å². The van der Waals surface area contributed by atoms with E-state index in [0.717, 1.165) is 29.8 Å². The van der Waals surface area contributed by atoms with Crippen molar-refractivity contribution in [3.63, 3.8) is 0 Å². The quantitative estimate of drug-likeness (QED) is 0.164. The minimum Gasteiger partial charge on any atom is -0.468 e. The largest absolute Gasteiger partial charge is 0.468 e. The molecule has 412 valence electrons. The van der Waals surface area contributed by atoms with E-state index in [0.29, 0.717) is 17.8 Å². The van der Waals surface area contributed by atoms with Crippen molar-refractivity contribution in [3.05, 3.63) is 172 Å². The molecule has 3 nitrogen and oxygen atoms in total. The van der Waals surface area contributed by atoms with E-state index in [1.807, 2.05) is 0 Å².